The lowest BCUT2D eigenvalue weighted by atomic mass is 10.1. The van der Waals surface area contributed by atoms with Gasteiger partial charge >= 0.3 is 0 Å². The second-order valence-corrected chi connectivity index (χ2v) is 9.00. The molecule has 0 N–H and O–H groups in total. The number of benzene rings is 3. The molecule has 4 nitrogen and oxygen atoms in total. The summed E-state index contributed by atoms with van der Waals surface area (Å²) in [6, 6.07) is 20.5. The van der Waals surface area contributed by atoms with Gasteiger partial charge in [-0.25, -0.2) is 4.98 Å². The van der Waals surface area contributed by atoms with Crippen molar-refractivity contribution >= 4 is 55.1 Å². The minimum Gasteiger partial charge on any atom is -0.345 e. The Morgan fingerprint density at radius 1 is 0.966 bits per heavy atom. The summed E-state index contributed by atoms with van der Waals surface area (Å²) in [6.07, 6.45) is 2.09. The van der Waals surface area contributed by atoms with Gasteiger partial charge in [0.25, 0.3) is 5.91 Å². The van der Waals surface area contributed by atoms with Gasteiger partial charge in [0.2, 0.25) is 0 Å². The van der Waals surface area contributed by atoms with E-state index in [1.165, 1.54) is 9.60 Å². The molecule has 3 aromatic carbocycles. The Hall–Kier alpha value is -2.57. The van der Waals surface area contributed by atoms with Crippen molar-refractivity contribution in [1.29, 1.82) is 0 Å². The predicted octanol–water partition coefficient (Wildman–Crippen LogP) is 5.13. The van der Waals surface area contributed by atoms with Crippen molar-refractivity contribution in [3.8, 4) is 0 Å². The van der Waals surface area contributed by atoms with Gasteiger partial charge < -0.3 is 9.80 Å². The molecular formula is C23H21N3OS2. The maximum atomic E-state index is 13.0. The average Bonchev–Trinajstić information content (AvgIpc) is 3.23. The average molecular weight is 420 g/mol. The molecule has 0 saturated carbocycles. The maximum Gasteiger partial charge on any atom is 0.253 e. The Morgan fingerprint density at radius 2 is 1.76 bits per heavy atom. The van der Waals surface area contributed by atoms with Crippen LogP contribution in [-0.2, 0) is 0 Å². The lowest BCUT2D eigenvalue weighted by Gasteiger charge is -2.34. The van der Waals surface area contributed by atoms with Gasteiger partial charge in [-0.05, 0) is 41.3 Å². The Bertz CT molecular complexity index is 1200. The number of thiazole rings is 1. The van der Waals surface area contributed by atoms with Gasteiger partial charge in [-0.15, -0.1) is 11.8 Å². The molecule has 0 spiro atoms. The first-order valence-corrected chi connectivity index (χ1v) is 11.7. The molecule has 4 aromatic rings. The number of carbonyl (C=O) groups excluding carboxylic acids is 1. The molecule has 0 aliphatic carbocycles. The fraction of sp³-hybridized carbons (Fsp3) is 0.217. The highest BCUT2D eigenvalue weighted by atomic mass is 32.2. The molecule has 146 valence electrons. The monoisotopic (exact) mass is 419 g/mol. The molecule has 6 heteroatoms. The van der Waals surface area contributed by atoms with Crippen LogP contribution in [0.4, 0.5) is 5.13 Å². The number of rotatable bonds is 3. The molecule has 1 saturated heterocycles. The van der Waals surface area contributed by atoms with Crippen LogP contribution in [0.1, 0.15) is 10.4 Å². The van der Waals surface area contributed by atoms with Crippen molar-refractivity contribution < 1.29 is 4.79 Å². The number of hydrogen-bond donors (Lipinski definition) is 0. The largest absolute Gasteiger partial charge is 0.345 e. The first-order chi connectivity index (χ1) is 14.2. The van der Waals surface area contributed by atoms with E-state index >= 15 is 0 Å². The van der Waals surface area contributed by atoms with E-state index < -0.39 is 0 Å². The number of piperazine rings is 1. The Kier molecular flexibility index (Phi) is 4.89. The Morgan fingerprint density at radius 3 is 2.55 bits per heavy atom. The predicted molar refractivity (Wildman–Crippen MR) is 123 cm³/mol. The third-order valence-corrected chi connectivity index (χ3v) is 7.28. The van der Waals surface area contributed by atoms with Crippen molar-refractivity contribution in [3.63, 3.8) is 0 Å². The van der Waals surface area contributed by atoms with Crippen LogP contribution in [0.25, 0.3) is 21.0 Å². The second kappa shape index (κ2) is 7.69. The molecule has 1 aliphatic rings. The third kappa shape index (κ3) is 3.47. The summed E-state index contributed by atoms with van der Waals surface area (Å²) in [5.41, 5.74) is 1.86. The van der Waals surface area contributed by atoms with Gasteiger partial charge in [0, 0.05) is 36.6 Å². The molecule has 0 unspecified atom stereocenters. The smallest absolute Gasteiger partial charge is 0.253 e. The number of anilines is 1. The van der Waals surface area contributed by atoms with Crippen molar-refractivity contribution in [2.24, 2.45) is 0 Å². The van der Waals surface area contributed by atoms with Crippen LogP contribution in [0, 0.1) is 0 Å². The SMILES string of the molecule is CSc1cccc2sc(N3CCN(C(=O)c4ccc5ccccc5c4)CC3)nc12. The lowest BCUT2D eigenvalue weighted by Crippen LogP contribution is -2.48. The van der Waals surface area contributed by atoms with E-state index in [1.807, 2.05) is 35.2 Å². The Balaban J connectivity index is 1.31. The molecular weight excluding hydrogens is 398 g/mol. The molecule has 0 bridgehead atoms. The molecule has 1 amide bonds. The number of aromatic nitrogens is 1. The quantitative estimate of drug-likeness (QED) is 0.431. The molecule has 1 fully saturated rings. The third-order valence-electron chi connectivity index (χ3n) is 5.42. The standard InChI is InChI=1S/C23H21N3OS2/c1-28-19-7-4-8-20-21(19)24-23(29-20)26-13-11-25(12-14-26)22(27)18-10-9-16-5-2-3-6-17(16)15-18/h2-10,15H,11-14H2,1H3. The fourth-order valence-corrected chi connectivity index (χ4v) is 5.49. The van der Waals surface area contributed by atoms with Gasteiger partial charge in [-0.2, -0.15) is 0 Å². The van der Waals surface area contributed by atoms with Gasteiger partial charge in [0.1, 0.15) is 0 Å². The number of para-hydroxylation sites is 1. The van der Waals surface area contributed by atoms with E-state index in [1.54, 1.807) is 23.1 Å². The summed E-state index contributed by atoms with van der Waals surface area (Å²) >= 11 is 3.47. The Labute approximate surface area is 178 Å². The molecule has 2 heterocycles. The van der Waals surface area contributed by atoms with Crippen LogP contribution in [0.5, 0.6) is 0 Å². The van der Waals surface area contributed by atoms with E-state index in [9.17, 15) is 4.79 Å². The summed E-state index contributed by atoms with van der Waals surface area (Å²) in [5, 5.41) is 3.32. The number of thioether (sulfide) groups is 1. The number of amides is 1. The zero-order chi connectivity index (χ0) is 19.8. The first kappa shape index (κ1) is 18.5. The van der Waals surface area contributed by atoms with E-state index in [2.05, 4.69) is 41.5 Å². The zero-order valence-corrected chi connectivity index (χ0v) is 17.8. The van der Waals surface area contributed by atoms with Gasteiger partial charge in [0.05, 0.1) is 10.2 Å². The van der Waals surface area contributed by atoms with E-state index in [4.69, 9.17) is 4.98 Å². The molecule has 5 rings (SSSR count). The van der Waals surface area contributed by atoms with Gasteiger partial charge in [0.15, 0.2) is 5.13 Å². The van der Waals surface area contributed by atoms with Gasteiger partial charge in [-0.3, -0.25) is 4.79 Å². The highest BCUT2D eigenvalue weighted by Gasteiger charge is 2.24. The van der Waals surface area contributed by atoms with Crippen LogP contribution in [0.15, 0.2) is 65.6 Å². The number of nitrogens with zero attached hydrogens (tertiary/aromatic N) is 3. The van der Waals surface area contributed by atoms with Crippen LogP contribution >= 0.6 is 23.1 Å². The molecule has 29 heavy (non-hydrogen) atoms. The normalized spacial score (nSPS) is 14.7. The minimum absolute atomic E-state index is 0.115. The second-order valence-electron chi connectivity index (χ2n) is 7.14. The highest BCUT2D eigenvalue weighted by Crippen LogP contribution is 2.34. The van der Waals surface area contributed by atoms with Gasteiger partial charge in [-0.1, -0.05) is 47.7 Å². The van der Waals surface area contributed by atoms with Crippen LogP contribution in [0.2, 0.25) is 0 Å². The van der Waals surface area contributed by atoms with Crippen LogP contribution in [0.3, 0.4) is 0 Å². The van der Waals surface area contributed by atoms with Crippen molar-refractivity contribution in [2.75, 3.05) is 37.3 Å². The lowest BCUT2D eigenvalue weighted by molar-refractivity contribution is 0.0747. The zero-order valence-electron chi connectivity index (χ0n) is 16.2. The minimum atomic E-state index is 0.115. The topological polar surface area (TPSA) is 36.4 Å². The molecule has 1 aliphatic heterocycles. The number of carbonyl (C=O) groups is 1. The summed E-state index contributed by atoms with van der Waals surface area (Å²) in [7, 11) is 0. The van der Waals surface area contributed by atoms with Crippen molar-refractivity contribution in [1.82, 2.24) is 9.88 Å². The number of fused-ring (bicyclic) bond motifs is 2. The summed E-state index contributed by atoms with van der Waals surface area (Å²) < 4.78 is 1.22. The van der Waals surface area contributed by atoms with E-state index in [0.29, 0.717) is 0 Å². The van der Waals surface area contributed by atoms with Crippen molar-refractivity contribution in [3.05, 3.63) is 66.2 Å². The molecule has 0 atom stereocenters. The molecule has 0 radical (unpaired) electrons. The van der Waals surface area contributed by atoms with Crippen molar-refractivity contribution in [2.45, 2.75) is 4.90 Å². The maximum absolute atomic E-state index is 13.0. The fourth-order valence-electron chi connectivity index (χ4n) is 3.82. The summed E-state index contributed by atoms with van der Waals surface area (Å²) in [5.74, 6) is 0.115. The molecule has 1 aromatic heterocycles. The van der Waals surface area contributed by atoms with Crippen LogP contribution < -0.4 is 4.90 Å². The van der Waals surface area contributed by atoms with E-state index in [-0.39, 0.29) is 5.91 Å². The summed E-state index contributed by atoms with van der Waals surface area (Å²) in [6.45, 7) is 3.06. The number of hydrogen-bond acceptors (Lipinski definition) is 5. The first-order valence-electron chi connectivity index (χ1n) is 9.69. The van der Waals surface area contributed by atoms with E-state index in [0.717, 1.165) is 53.2 Å². The van der Waals surface area contributed by atoms with Crippen LogP contribution in [-0.4, -0.2) is 48.2 Å². The summed E-state index contributed by atoms with van der Waals surface area (Å²) in [4.78, 5) is 23.4. The highest BCUT2D eigenvalue weighted by molar-refractivity contribution is 7.98.